The van der Waals surface area contributed by atoms with Crippen molar-refractivity contribution in [1.82, 2.24) is 0 Å². The lowest BCUT2D eigenvalue weighted by Gasteiger charge is -2.12. The van der Waals surface area contributed by atoms with Crippen LogP contribution in [0.1, 0.15) is 5.56 Å². The van der Waals surface area contributed by atoms with Gasteiger partial charge in [-0.25, -0.2) is 4.39 Å². The van der Waals surface area contributed by atoms with E-state index in [4.69, 9.17) is 14.2 Å². The number of halogens is 1. The van der Waals surface area contributed by atoms with Gasteiger partial charge in [0.2, 0.25) is 5.91 Å². The van der Waals surface area contributed by atoms with E-state index in [2.05, 4.69) is 5.32 Å². The molecule has 0 aliphatic carbocycles. The van der Waals surface area contributed by atoms with E-state index in [1.807, 2.05) is 0 Å². The summed E-state index contributed by atoms with van der Waals surface area (Å²) in [5.41, 5.74) is 1.07. The van der Waals surface area contributed by atoms with Crippen molar-refractivity contribution in [2.24, 2.45) is 0 Å². The minimum absolute atomic E-state index is 0.0378. The van der Waals surface area contributed by atoms with Gasteiger partial charge in [-0.3, -0.25) is 4.79 Å². The Balaban J connectivity index is 2.09. The van der Waals surface area contributed by atoms with Gasteiger partial charge in [-0.15, -0.1) is 0 Å². The summed E-state index contributed by atoms with van der Waals surface area (Å²) in [5, 5.41) is 2.74. The molecule has 1 N–H and O–H groups in total. The molecule has 0 aromatic heterocycles. The molecule has 0 aliphatic heterocycles. The van der Waals surface area contributed by atoms with Crippen LogP contribution in [0.2, 0.25) is 0 Å². The van der Waals surface area contributed by atoms with E-state index in [0.29, 0.717) is 22.7 Å². The maximum absolute atomic E-state index is 13.6. The quantitative estimate of drug-likeness (QED) is 0.889. The van der Waals surface area contributed by atoms with Gasteiger partial charge in [-0.1, -0.05) is 6.07 Å². The Labute approximate surface area is 134 Å². The van der Waals surface area contributed by atoms with Crippen molar-refractivity contribution in [3.63, 3.8) is 0 Å². The van der Waals surface area contributed by atoms with Gasteiger partial charge >= 0.3 is 0 Å². The third-order valence-corrected chi connectivity index (χ3v) is 3.26. The maximum atomic E-state index is 13.6. The summed E-state index contributed by atoms with van der Waals surface area (Å²) in [5.74, 6) is 0.472. The Hall–Kier alpha value is -2.76. The zero-order valence-corrected chi connectivity index (χ0v) is 13.2. The van der Waals surface area contributed by atoms with Gasteiger partial charge < -0.3 is 19.5 Å². The van der Waals surface area contributed by atoms with Gasteiger partial charge in [0, 0.05) is 6.07 Å². The molecule has 0 radical (unpaired) electrons. The van der Waals surface area contributed by atoms with Crippen molar-refractivity contribution in [2.75, 3.05) is 26.6 Å². The van der Waals surface area contributed by atoms with Crippen LogP contribution in [0.15, 0.2) is 36.4 Å². The first-order valence-electron chi connectivity index (χ1n) is 6.91. The summed E-state index contributed by atoms with van der Waals surface area (Å²) in [6.07, 6.45) is 0.0378. The fourth-order valence-electron chi connectivity index (χ4n) is 2.10. The van der Waals surface area contributed by atoms with E-state index in [0.717, 1.165) is 0 Å². The first-order chi connectivity index (χ1) is 11.1. The molecule has 2 aromatic carbocycles. The predicted octanol–water partition coefficient (Wildman–Crippen LogP) is 3.03. The number of amides is 1. The number of carbonyl (C=O) groups excluding carboxylic acids is 1. The molecule has 0 fully saturated rings. The van der Waals surface area contributed by atoms with Gasteiger partial charge in [0.25, 0.3) is 0 Å². The number of carbonyl (C=O) groups is 1. The van der Waals surface area contributed by atoms with Crippen molar-refractivity contribution in [3.8, 4) is 17.2 Å². The molecule has 6 heteroatoms. The van der Waals surface area contributed by atoms with Gasteiger partial charge in [0.05, 0.1) is 33.4 Å². The van der Waals surface area contributed by atoms with E-state index in [1.54, 1.807) is 31.4 Å². The first kappa shape index (κ1) is 16.6. The Bertz CT molecular complexity index is 703. The Morgan fingerprint density at radius 3 is 2.35 bits per heavy atom. The van der Waals surface area contributed by atoms with Gasteiger partial charge in [0.15, 0.2) is 11.6 Å². The smallest absolute Gasteiger partial charge is 0.228 e. The van der Waals surface area contributed by atoms with Crippen LogP contribution in [0, 0.1) is 5.82 Å². The molecule has 23 heavy (non-hydrogen) atoms. The zero-order chi connectivity index (χ0) is 16.8. The number of benzene rings is 2. The third-order valence-electron chi connectivity index (χ3n) is 3.26. The second-order valence-electron chi connectivity index (χ2n) is 4.76. The van der Waals surface area contributed by atoms with Crippen molar-refractivity contribution >= 4 is 11.6 Å². The van der Waals surface area contributed by atoms with Crippen molar-refractivity contribution < 1.29 is 23.4 Å². The van der Waals surface area contributed by atoms with Gasteiger partial charge in [-0.05, 0) is 29.8 Å². The lowest BCUT2D eigenvalue weighted by Crippen LogP contribution is -2.15. The number of rotatable bonds is 6. The topological polar surface area (TPSA) is 56.8 Å². The average molecular weight is 319 g/mol. The molecule has 2 rings (SSSR count). The van der Waals surface area contributed by atoms with Gasteiger partial charge in [0.1, 0.15) is 11.5 Å². The van der Waals surface area contributed by atoms with Crippen molar-refractivity contribution in [1.29, 1.82) is 0 Å². The minimum atomic E-state index is -0.500. The Kier molecular flexibility index (Phi) is 5.41. The van der Waals surface area contributed by atoms with E-state index in [-0.39, 0.29) is 18.1 Å². The SMILES string of the molecule is COc1ccc(NC(=O)Cc2ccc(OC)c(F)c2)c(OC)c1. The molecule has 0 aliphatic rings. The zero-order valence-electron chi connectivity index (χ0n) is 13.2. The minimum Gasteiger partial charge on any atom is -0.497 e. The number of ether oxygens (including phenoxy) is 3. The molecule has 0 heterocycles. The summed E-state index contributed by atoms with van der Waals surface area (Å²) in [7, 11) is 4.44. The summed E-state index contributed by atoms with van der Waals surface area (Å²) < 4.78 is 28.8. The molecule has 122 valence electrons. The van der Waals surface area contributed by atoms with E-state index < -0.39 is 5.82 Å². The van der Waals surface area contributed by atoms with Crippen LogP contribution in [0.25, 0.3) is 0 Å². The van der Waals surface area contributed by atoms with E-state index in [9.17, 15) is 9.18 Å². The van der Waals surface area contributed by atoms with Crippen LogP contribution in [-0.2, 0) is 11.2 Å². The van der Waals surface area contributed by atoms with Crippen LogP contribution in [-0.4, -0.2) is 27.2 Å². The van der Waals surface area contributed by atoms with Gasteiger partial charge in [-0.2, -0.15) is 0 Å². The molecule has 1 amide bonds. The second kappa shape index (κ2) is 7.49. The molecular weight excluding hydrogens is 301 g/mol. The van der Waals surface area contributed by atoms with Crippen molar-refractivity contribution in [2.45, 2.75) is 6.42 Å². The number of nitrogens with one attached hydrogen (secondary N) is 1. The summed E-state index contributed by atoms with van der Waals surface area (Å²) in [6, 6.07) is 9.49. The molecular formula is C17H18FNO4. The third kappa shape index (κ3) is 4.12. The van der Waals surface area contributed by atoms with E-state index in [1.165, 1.54) is 26.4 Å². The fraction of sp³-hybridized carbons (Fsp3) is 0.235. The normalized spacial score (nSPS) is 10.1. The highest BCUT2D eigenvalue weighted by atomic mass is 19.1. The monoisotopic (exact) mass is 319 g/mol. The highest BCUT2D eigenvalue weighted by Crippen LogP contribution is 2.29. The van der Waals surface area contributed by atoms with E-state index >= 15 is 0 Å². The standard InChI is InChI=1S/C17H18FNO4/c1-21-12-5-6-14(16(10-12)23-3)19-17(20)9-11-4-7-15(22-2)13(18)8-11/h4-8,10H,9H2,1-3H3,(H,19,20). The molecule has 0 atom stereocenters. The molecule has 0 spiro atoms. The number of anilines is 1. The highest BCUT2D eigenvalue weighted by Gasteiger charge is 2.11. The number of methoxy groups -OCH3 is 3. The first-order valence-corrected chi connectivity index (χ1v) is 6.91. The second-order valence-corrected chi connectivity index (χ2v) is 4.76. The summed E-state index contributed by atoms with van der Waals surface area (Å²) in [6.45, 7) is 0. The molecule has 0 unspecified atom stereocenters. The lowest BCUT2D eigenvalue weighted by atomic mass is 10.1. The Morgan fingerprint density at radius 1 is 1.00 bits per heavy atom. The highest BCUT2D eigenvalue weighted by molar-refractivity contribution is 5.93. The molecule has 0 saturated heterocycles. The molecule has 5 nitrogen and oxygen atoms in total. The number of hydrogen-bond acceptors (Lipinski definition) is 4. The summed E-state index contributed by atoms with van der Waals surface area (Å²) >= 11 is 0. The fourth-order valence-corrected chi connectivity index (χ4v) is 2.10. The lowest BCUT2D eigenvalue weighted by molar-refractivity contribution is -0.115. The van der Waals surface area contributed by atoms with Crippen LogP contribution in [0.4, 0.5) is 10.1 Å². The van der Waals surface area contributed by atoms with Crippen LogP contribution >= 0.6 is 0 Å². The summed E-state index contributed by atoms with van der Waals surface area (Å²) in [4.78, 5) is 12.1. The Morgan fingerprint density at radius 2 is 1.74 bits per heavy atom. The van der Waals surface area contributed by atoms with Crippen LogP contribution in [0.3, 0.4) is 0 Å². The molecule has 0 bridgehead atoms. The van der Waals surface area contributed by atoms with Crippen molar-refractivity contribution in [3.05, 3.63) is 47.8 Å². The van der Waals surface area contributed by atoms with Crippen LogP contribution in [0.5, 0.6) is 17.2 Å². The molecule has 0 saturated carbocycles. The average Bonchev–Trinajstić information content (AvgIpc) is 2.55. The number of hydrogen-bond donors (Lipinski definition) is 1. The maximum Gasteiger partial charge on any atom is 0.228 e. The predicted molar refractivity (Wildman–Crippen MR) is 84.8 cm³/mol. The molecule has 2 aromatic rings. The largest absolute Gasteiger partial charge is 0.497 e. The van der Waals surface area contributed by atoms with Crippen LogP contribution < -0.4 is 19.5 Å².